The molecule has 21 heavy (non-hydrogen) atoms. The van der Waals surface area contributed by atoms with Crippen LogP contribution in [0.1, 0.15) is 22.8 Å². The zero-order chi connectivity index (χ0) is 16.2. The van der Waals surface area contributed by atoms with Gasteiger partial charge in [0.2, 0.25) is 10.0 Å². The third-order valence-corrected chi connectivity index (χ3v) is 5.26. The molecule has 0 aliphatic rings. The molecule has 0 saturated heterocycles. The fourth-order valence-electron chi connectivity index (χ4n) is 1.86. The van der Waals surface area contributed by atoms with Crippen LogP contribution in [0.3, 0.4) is 0 Å². The van der Waals surface area contributed by atoms with E-state index in [1.165, 1.54) is 6.07 Å². The van der Waals surface area contributed by atoms with Crippen LogP contribution in [0.25, 0.3) is 0 Å². The van der Waals surface area contributed by atoms with Crippen LogP contribution in [0.2, 0.25) is 0 Å². The standard InChI is InChI=1S/C13H19BrN2O4S/c1-4-16(5-6-20-3)13(17)10-7-9(2)12(14)11(8-10)21(15,18)19/h7-8H,4-6H2,1-3H3,(H2,15,18,19). The lowest BCUT2D eigenvalue weighted by Gasteiger charge is -2.21. The monoisotopic (exact) mass is 378 g/mol. The summed E-state index contributed by atoms with van der Waals surface area (Å²) < 4.78 is 28.5. The number of ether oxygens (including phenoxy) is 1. The molecule has 1 aromatic carbocycles. The largest absolute Gasteiger partial charge is 0.383 e. The van der Waals surface area contributed by atoms with Crippen molar-refractivity contribution < 1.29 is 17.9 Å². The van der Waals surface area contributed by atoms with E-state index < -0.39 is 10.0 Å². The Hall–Kier alpha value is -0.960. The molecule has 1 aromatic rings. The molecule has 1 rings (SSSR count). The van der Waals surface area contributed by atoms with Crippen LogP contribution >= 0.6 is 15.9 Å². The Bertz CT molecular complexity index is 631. The van der Waals surface area contributed by atoms with E-state index in [2.05, 4.69) is 15.9 Å². The molecule has 0 aliphatic heterocycles. The van der Waals surface area contributed by atoms with Gasteiger partial charge in [0.05, 0.1) is 11.5 Å². The van der Waals surface area contributed by atoms with E-state index in [-0.39, 0.29) is 16.4 Å². The van der Waals surface area contributed by atoms with Gasteiger partial charge in [-0.15, -0.1) is 0 Å². The predicted molar refractivity (Wildman–Crippen MR) is 83.7 cm³/mol. The summed E-state index contributed by atoms with van der Waals surface area (Å²) in [7, 11) is -2.35. The van der Waals surface area contributed by atoms with Crippen molar-refractivity contribution in [3.8, 4) is 0 Å². The van der Waals surface area contributed by atoms with Crippen molar-refractivity contribution in [2.24, 2.45) is 5.14 Å². The summed E-state index contributed by atoms with van der Waals surface area (Å²) in [6.07, 6.45) is 0. The highest BCUT2D eigenvalue weighted by atomic mass is 79.9. The molecule has 0 spiro atoms. The van der Waals surface area contributed by atoms with Crippen LogP contribution in [0, 0.1) is 6.92 Å². The average molecular weight is 379 g/mol. The summed E-state index contributed by atoms with van der Waals surface area (Å²) in [6.45, 7) is 4.91. The van der Waals surface area contributed by atoms with Gasteiger partial charge < -0.3 is 9.64 Å². The molecule has 118 valence electrons. The second-order valence-electron chi connectivity index (χ2n) is 4.53. The third kappa shape index (κ3) is 4.50. The van der Waals surface area contributed by atoms with E-state index in [9.17, 15) is 13.2 Å². The maximum Gasteiger partial charge on any atom is 0.253 e. The quantitative estimate of drug-likeness (QED) is 0.812. The lowest BCUT2D eigenvalue weighted by atomic mass is 10.1. The second-order valence-corrected chi connectivity index (χ2v) is 6.85. The van der Waals surface area contributed by atoms with Crippen molar-refractivity contribution in [3.05, 3.63) is 27.7 Å². The van der Waals surface area contributed by atoms with E-state index in [0.717, 1.165) is 0 Å². The Morgan fingerprint density at radius 3 is 2.52 bits per heavy atom. The number of sulfonamides is 1. The minimum absolute atomic E-state index is 0.0892. The zero-order valence-electron chi connectivity index (χ0n) is 12.2. The minimum Gasteiger partial charge on any atom is -0.383 e. The first-order valence-corrected chi connectivity index (χ1v) is 8.67. The van der Waals surface area contributed by atoms with Gasteiger partial charge in [-0.1, -0.05) is 0 Å². The van der Waals surface area contributed by atoms with Crippen molar-refractivity contribution in [3.63, 3.8) is 0 Å². The number of nitrogens with two attached hydrogens (primary N) is 1. The van der Waals surface area contributed by atoms with Crippen LogP contribution in [-0.2, 0) is 14.8 Å². The van der Waals surface area contributed by atoms with E-state index in [4.69, 9.17) is 9.88 Å². The van der Waals surface area contributed by atoms with Crippen LogP contribution in [0.15, 0.2) is 21.5 Å². The van der Waals surface area contributed by atoms with Crippen LogP contribution in [-0.4, -0.2) is 46.0 Å². The summed E-state index contributed by atoms with van der Waals surface area (Å²) >= 11 is 3.19. The smallest absolute Gasteiger partial charge is 0.253 e. The fraction of sp³-hybridized carbons (Fsp3) is 0.462. The zero-order valence-corrected chi connectivity index (χ0v) is 14.6. The molecule has 0 aromatic heterocycles. The first kappa shape index (κ1) is 18.1. The Kier molecular flexibility index (Phi) is 6.33. The maximum atomic E-state index is 12.4. The fourth-order valence-corrected chi connectivity index (χ4v) is 3.46. The predicted octanol–water partition coefficient (Wildman–Crippen LogP) is 1.51. The van der Waals surface area contributed by atoms with Gasteiger partial charge in [0.15, 0.2) is 0 Å². The molecule has 8 heteroatoms. The lowest BCUT2D eigenvalue weighted by Crippen LogP contribution is -2.34. The van der Waals surface area contributed by atoms with Gasteiger partial charge in [0.1, 0.15) is 0 Å². The van der Waals surface area contributed by atoms with Gasteiger partial charge in [-0.2, -0.15) is 0 Å². The van der Waals surface area contributed by atoms with Crippen molar-refractivity contribution in [2.75, 3.05) is 26.8 Å². The van der Waals surface area contributed by atoms with Crippen molar-refractivity contribution in [1.29, 1.82) is 0 Å². The number of hydrogen-bond acceptors (Lipinski definition) is 4. The van der Waals surface area contributed by atoms with Crippen LogP contribution in [0.4, 0.5) is 0 Å². The molecule has 0 aliphatic carbocycles. The second kappa shape index (κ2) is 7.35. The number of methoxy groups -OCH3 is 1. The van der Waals surface area contributed by atoms with Crippen LogP contribution < -0.4 is 5.14 Å². The molecular weight excluding hydrogens is 360 g/mol. The number of halogens is 1. The minimum atomic E-state index is -3.90. The number of amides is 1. The summed E-state index contributed by atoms with van der Waals surface area (Å²) in [6, 6.07) is 2.93. The number of carbonyl (C=O) groups excluding carboxylic acids is 1. The molecule has 1 amide bonds. The van der Waals surface area contributed by atoms with Gasteiger partial charge in [0, 0.05) is 30.2 Å². The van der Waals surface area contributed by atoms with Crippen molar-refractivity contribution in [1.82, 2.24) is 4.90 Å². The SMILES string of the molecule is CCN(CCOC)C(=O)c1cc(C)c(Br)c(S(N)(=O)=O)c1. The summed E-state index contributed by atoms with van der Waals surface area (Å²) in [5, 5.41) is 5.18. The molecule has 6 nitrogen and oxygen atoms in total. The average Bonchev–Trinajstić information content (AvgIpc) is 2.40. The number of benzene rings is 1. The Labute approximate surface area is 133 Å². The van der Waals surface area contributed by atoms with Crippen molar-refractivity contribution in [2.45, 2.75) is 18.7 Å². The molecule has 0 radical (unpaired) electrons. The van der Waals surface area contributed by atoms with Gasteiger partial charge in [-0.05, 0) is 47.5 Å². The highest BCUT2D eigenvalue weighted by Crippen LogP contribution is 2.27. The number of hydrogen-bond donors (Lipinski definition) is 1. The normalized spacial score (nSPS) is 11.5. The maximum absolute atomic E-state index is 12.4. The molecule has 0 atom stereocenters. The number of rotatable bonds is 6. The lowest BCUT2D eigenvalue weighted by molar-refractivity contribution is 0.0706. The molecule has 2 N–H and O–H groups in total. The van der Waals surface area contributed by atoms with Gasteiger partial charge in [0.25, 0.3) is 5.91 Å². The van der Waals surface area contributed by atoms with Gasteiger partial charge in [-0.25, -0.2) is 13.6 Å². The molecule has 0 unspecified atom stereocenters. The first-order valence-electron chi connectivity index (χ1n) is 6.33. The summed E-state index contributed by atoms with van der Waals surface area (Å²) in [5.41, 5.74) is 0.922. The summed E-state index contributed by atoms with van der Waals surface area (Å²) in [5.74, 6) is -0.255. The molecule has 0 saturated carbocycles. The molecule has 0 heterocycles. The van der Waals surface area contributed by atoms with Crippen LogP contribution in [0.5, 0.6) is 0 Å². The van der Waals surface area contributed by atoms with E-state index in [1.807, 2.05) is 6.92 Å². The highest BCUT2D eigenvalue weighted by Gasteiger charge is 2.21. The van der Waals surface area contributed by atoms with Crippen molar-refractivity contribution >= 4 is 31.9 Å². The number of likely N-dealkylation sites (N-methyl/N-ethyl adjacent to an activating group) is 1. The number of carbonyl (C=O) groups is 1. The molecule has 0 fully saturated rings. The topological polar surface area (TPSA) is 89.7 Å². The Morgan fingerprint density at radius 1 is 1.43 bits per heavy atom. The molecule has 0 bridgehead atoms. The van der Waals surface area contributed by atoms with E-state index >= 15 is 0 Å². The number of primary sulfonamides is 1. The first-order chi connectivity index (χ1) is 9.72. The number of nitrogens with zero attached hydrogens (tertiary/aromatic N) is 1. The van der Waals surface area contributed by atoms with Gasteiger partial charge in [-0.3, -0.25) is 4.79 Å². The third-order valence-electron chi connectivity index (χ3n) is 3.01. The Balaban J connectivity index is 3.25. The van der Waals surface area contributed by atoms with E-state index in [0.29, 0.717) is 29.7 Å². The number of aryl methyl sites for hydroxylation is 1. The molecular formula is C13H19BrN2O4S. The summed E-state index contributed by atoms with van der Waals surface area (Å²) in [4.78, 5) is 13.9. The van der Waals surface area contributed by atoms with Gasteiger partial charge >= 0.3 is 0 Å². The Morgan fingerprint density at radius 2 is 2.05 bits per heavy atom. The highest BCUT2D eigenvalue weighted by molar-refractivity contribution is 9.10. The van der Waals surface area contributed by atoms with E-state index in [1.54, 1.807) is 25.0 Å².